The number of benzene rings is 1. The average molecular weight is 205 g/mol. The summed E-state index contributed by atoms with van der Waals surface area (Å²) >= 11 is 0. The summed E-state index contributed by atoms with van der Waals surface area (Å²) in [5.74, 6) is -0.373. The third-order valence-electron chi connectivity index (χ3n) is 2.36. The van der Waals surface area contributed by atoms with Crippen molar-refractivity contribution in [2.75, 3.05) is 7.11 Å². The Labute approximate surface area is 86.5 Å². The molecule has 0 saturated heterocycles. The van der Waals surface area contributed by atoms with Gasteiger partial charge in [0.1, 0.15) is 0 Å². The van der Waals surface area contributed by atoms with Gasteiger partial charge in [-0.3, -0.25) is 0 Å². The molecular formula is C11H11NO3. The smallest absolute Gasteiger partial charge is 0.337 e. The number of fused-ring (bicyclic) bond motifs is 1. The minimum absolute atomic E-state index is 0.0510. The fraction of sp³-hybridized carbons (Fsp3) is 0.182. The molecular weight excluding hydrogens is 194 g/mol. The highest BCUT2D eigenvalue weighted by Gasteiger charge is 2.08. The van der Waals surface area contributed by atoms with Crippen LogP contribution in [-0.2, 0) is 11.3 Å². The maximum absolute atomic E-state index is 11.3. The Kier molecular flexibility index (Phi) is 2.43. The average Bonchev–Trinajstić information content (AvgIpc) is 2.69. The summed E-state index contributed by atoms with van der Waals surface area (Å²) in [5, 5.41) is 9.92. The lowest BCUT2D eigenvalue weighted by Crippen LogP contribution is -2.00. The summed E-state index contributed by atoms with van der Waals surface area (Å²) in [6.45, 7) is -0.0510. The zero-order valence-electron chi connectivity index (χ0n) is 8.28. The molecule has 78 valence electrons. The van der Waals surface area contributed by atoms with Crippen LogP contribution >= 0.6 is 0 Å². The van der Waals surface area contributed by atoms with Crippen molar-refractivity contribution >= 4 is 16.9 Å². The minimum Gasteiger partial charge on any atom is -0.465 e. The number of rotatable bonds is 2. The molecule has 2 rings (SSSR count). The first kappa shape index (κ1) is 9.73. The van der Waals surface area contributed by atoms with E-state index in [1.807, 2.05) is 0 Å². The van der Waals surface area contributed by atoms with Gasteiger partial charge in [0.05, 0.1) is 19.3 Å². The summed E-state index contributed by atoms with van der Waals surface area (Å²) in [5.41, 5.74) is 2.15. The van der Waals surface area contributed by atoms with E-state index >= 15 is 0 Å². The number of carbonyl (C=O) groups excluding carboxylic acids is 1. The van der Waals surface area contributed by atoms with Crippen molar-refractivity contribution in [1.29, 1.82) is 0 Å². The van der Waals surface area contributed by atoms with Gasteiger partial charge in [-0.1, -0.05) is 0 Å². The number of H-pyrrole nitrogens is 1. The Hall–Kier alpha value is -1.81. The molecule has 15 heavy (non-hydrogen) atoms. The molecule has 0 aliphatic heterocycles. The lowest BCUT2D eigenvalue weighted by Gasteiger charge is -1.99. The molecule has 0 amide bonds. The number of aromatic nitrogens is 1. The van der Waals surface area contributed by atoms with E-state index in [0.717, 1.165) is 16.5 Å². The SMILES string of the molecule is COC(=O)c1ccc2[nH]cc(CO)c2c1. The van der Waals surface area contributed by atoms with Gasteiger partial charge in [-0.05, 0) is 18.2 Å². The lowest BCUT2D eigenvalue weighted by atomic mass is 10.1. The van der Waals surface area contributed by atoms with Crippen LogP contribution in [0.3, 0.4) is 0 Å². The van der Waals surface area contributed by atoms with Crippen LogP contribution in [0, 0.1) is 0 Å². The molecule has 1 aromatic heterocycles. The second-order valence-electron chi connectivity index (χ2n) is 3.22. The molecule has 0 bridgehead atoms. The molecule has 0 saturated carbocycles. The molecule has 4 nitrogen and oxygen atoms in total. The van der Waals surface area contributed by atoms with Gasteiger partial charge in [0.15, 0.2) is 0 Å². The highest BCUT2D eigenvalue weighted by molar-refractivity contribution is 5.95. The van der Waals surface area contributed by atoms with Crippen LogP contribution < -0.4 is 0 Å². The first-order chi connectivity index (χ1) is 7.26. The number of methoxy groups -OCH3 is 1. The number of nitrogens with one attached hydrogen (secondary N) is 1. The maximum atomic E-state index is 11.3. The van der Waals surface area contributed by atoms with Gasteiger partial charge in [-0.2, -0.15) is 0 Å². The zero-order valence-corrected chi connectivity index (χ0v) is 8.28. The van der Waals surface area contributed by atoms with Crippen LogP contribution in [0.5, 0.6) is 0 Å². The number of ether oxygens (including phenoxy) is 1. The van der Waals surface area contributed by atoms with Gasteiger partial charge in [-0.15, -0.1) is 0 Å². The molecule has 1 heterocycles. The number of aliphatic hydroxyl groups excluding tert-OH is 1. The van der Waals surface area contributed by atoms with Crippen molar-refractivity contribution in [3.8, 4) is 0 Å². The van der Waals surface area contributed by atoms with E-state index in [2.05, 4.69) is 9.72 Å². The summed E-state index contributed by atoms with van der Waals surface area (Å²) in [6.07, 6.45) is 1.73. The lowest BCUT2D eigenvalue weighted by molar-refractivity contribution is 0.0601. The summed E-state index contributed by atoms with van der Waals surface area (Å²) < 4.78 is 4.62. The Morgan fingerprint density at radius 2 is 2.33 bits per heavy atom. The van der Waals surface area contributed by atoms with Crippen molar-refractivity contribution in [1.82, 2.24) is 4.98 Å². The predicted molar refractivity (Wildman–Crippen MR) is 55.6 cm³/mol. The van der Waals surface area contributed by atoms with Gasteiger partial charge in [0.2, 0.25) is 0 Å². The van der Waals surface area contributed by atoms with E-state index in [0.29, 0.717) is 5.56 Å². The van der Waals surface area contributed by atoms with Crippen molar-refractivity contribution in [3.05, 3.63) is 35.5 Å². The molecule has 0 aliphatic carbocycles. The van der Waals surface area contributed by atoms with E-state index in [4.69, 9.17) is 5.11 Å². The molecule has 0 unspecified atom stereocenters. The van der Waals surface area contributed by atoms with E-state index in [1.54, 1.807) is 24.4 Å². The third kappa shape index (κ3) is 1.59. The number of aromatic amines is 1. The monoisotopic (exact) mass is 205 g/mol. The Morgan fingerprint density at radius 1 is 1.53 bits per heavy atom. The minimum atomic E-state index is -0.373. The van der Waals surface area contributed by atoms with Crippen LogP contribution in [0.15, 0.2) is 24.4 Å². The number of hydrogen-bond donors (Lipinski definition) is 2. The van der Waals surface area contributed by atoms with Crippen molar-refractivity contribution in [3.63, 3.8) is 0 Å². The maximum Gasteiger partial charge on any atom is 0.337 e. The van der Waals surface area contributed by atoms with E-state index in [-0.39, 0.29) is 12.6 Å². The molecule has 2 aromatic rings. The van der Waals surface area contributed by atoms with Crippen LogP contribution in [0.4, 0.5) is 0 Å². The molecule has 0 fully saturated rings. The number of esters is 1. The molecule has 4 heteroatoms. The van der Waals surface area contributed by atoms with Gasteiger partial charge in [0, 0.05) is 22.7 Å². The highest BCUT2D eigenvalue weighted by atomic mass is 16.5. The zero-order chi connectivity index (χ0) is 10.8. The molecule has 2 N–H and O–H groups in total. The summed E-state index contributed by atoms with van der Waals surface area (Å²) in [4.78, 5) is 14.3. The number of carbonyl (C=O) groups is 1. The van der Waals surface area contributed by atoms with Gasteiger partial charge in [-0.25, -0.2) is 4.79 Å². The summed E-state index contributed by atoms with van der Waals surface area (Å²) in [6, 6.07) is 5.19. The van der Waals surface area contributed by atoms with E-state index in [1.165, 1.54) is 7.11 Å². The largest absolute Gasteiger partial charge is 0.465 e. The Morgan fingerprint density at radius 3 is 3.00 bits per heavy atom. The number of aliphatic hydroxyl groups is 1. The fourth-order valence-corrected chi connectivity index (χ4v) is 1.55. The fourth-order valence-electron chi connectivity index (χ4n) is 1.55. The first-order valence-electron chi connectivity index (χ1n) is 4.55. The van der Waals surface area contributed by atoms with Gasteiger partial charge in [0.25, 0.3) is 0 Å². The predicted octanol–water partition coefficient (Wildman–Crippen LogP) is 1.45. The van der Waals surface area contributed by atoms with Crippen LogP contribution in [0.25, 0.3) is 10.9 Å². The molecule has 0 spiro atoms. The van der Waals surface area contributed by atoms with Crippen LogP contribution in [-0.4, -0.2) is 23.2 Å². The quantitative estimate of drug-likeness (QED) is 0.729. The second-order valence-corrected chi connectivity index (χ2v) is 3.22. The van der Waals surface area contributed by atoms with Gasteiger partial charge < -0.3 is 14.8 Å². The van der Waals surface area contributed by atoms with Crippen molar-refractivity contribution in [2.24, 2.45) is 0 Å². The first-order valence-corrected chi connectivity index (χ1v) is 4.55. The normalized spacial score (nSPS) is 10.5. The van der Waals surface area contributed by atoms with Crippen LogP contribution in [0.1, 0.15) is 15.9 Å². The molecule has 0 aliphatic rings. The number of hydrogen-bond acceptors (Lipinski definition) is 3. The van der Waals surface area contributed by atoms with Crippen molar-refractivity contribution < 1.29 is 14.6 Å². The van der Waals surface area contributed by atoms with Crippen molar-refractivity contribution in [2.45, 2.75) is 6.61 Å². The van der Waals surface area contributed by atoms with E-state index < -0.39 is 0 Å². The molecule has 0 radical (unpaired) electrons. The topological polar surface area (TPSA) is 62.3 Å². The Balaban J connectivity index is 2.57. The standard InChI is InChI=1S/C11H11NO3/c1-15-11(14)7-2-3-10-9(4-7)8(6-13)5-12-10/h2-5,12-13H,6H2,1H3. The molecule has 0 atom stereocenters. The Bertz CT molecular complexity index is 502. The highest BCUT2D eigenvalue weighted by Crippen LogP contribution is 2.20. The third-order valence-corrected chi connectivity index (χ3v) is 2.36. The summed E-state index contributed by atoms with van der Waals surface area (Å²) in [7, 11) is 1.34. The van der Waals surface area contributed by atoms with Crippen LogP contribution in [0.2, 0.25) is 0 Å². The van der Waals surface area contributed by atoms with Gasteiger partial charge >= 0.3 is 5.97 Å². The molecule has 1 aromatic carbocycles. The second kappa shape index (κ2) is 3.74. The van der Waals surface area contributed by atoms with E-state index in [9.17, 15) is 4.79 Å².